The summed E-state index contributed by atoms with van der Waals surface area (Å²) in [6.45, 7) is 4.45. The molecule has 0 aliphatic rings. The Labute approximate surface area is 120 Å². The summed E-state index contributed by atoms with van der Waals surface area (Å²) in [4.78, 5) is 15.6. The van der Waals surface area contributed by atoms with Crippen LogP contribution < -0.4 is 10.1 Å². The van der Waals surface area contributed by atoms with Gasteiger partial charge in [-0.3, -0.25) is 0 Å². The number of halogens is 1. The molecule has 6 nitrogen and oxygen atoms in total. The van der Waals surface area contributed by atoms with Gasteiger partial charge in [0.2, 0.25) is 5.95 Å². The number of rotatable bonds is 4. The van der Waals surface area contributed by atoms with Crippen molar-refractivity contribution in [1.29, 1.82) is 0 Å². The Morgan fingerprint density at radius 1 is 1.33 bits per heavy atom. The van der Waals surface area contributed by atoms with Crippen LogP contribution >= 0.6 is 0 Å². The summed E-state index contributed by atoms with van der Waals surface area (Å²) in [6, 6.07) is 4.37. The van der Waals surface area contributed by atoms with Gasteiger partial charge in [-0.15, -0.1) is 0 Å². The first kappa shape index (κ1) is 13.3. The number of nitrogens with one attached hydrogen (secondary N) is 2. The Kier molecular flexibility index (Phi) is 3.39. The maximum Gasteiger partial charge on any atom is 0.250 e. The molecule has 7 heteroatoms. The predicted molar refractivity (Wildman–Crippen MR) is 77.1 cm³/mol. The van der Waals surface area contributed by atoms with Crippen molar-refractivity contribution in [3.63, 3.8) is 0 Å². The fourth-order valence-corrected chi connectivity index (χ4v) is 1.91. The third-order valence-electron chi connectivity index (χ3n) is 2.94. The first-order chi connectivity index (χ1) is 10.2. The molecule has 0 bridgehead atoms. The van der Waals surface area contributed by atoms with Crippen LogP contribution in [0, 0.1) is 12.7 Å². The number of hydrogen-bond donors (Lipinski definition) is 2. The maximum atomic E-state index is 13.4. The lowest BCUT2D eigenvalue weighted by molar-refractivity contribution is 0.459. The minimum absolute atomic E-state index is 0.308. The van der Waals surface area contributed by atoms with E-state index >= 15 is 0 Å². The second-order valence-corrected chi connectivity index (χ2v) is 4.50. The van der Waals surface area contributed by atoms with E-state index in [4.69, 9.17) is 4.74 Å². The number of hydrogen-bond acceptors (Lipinski definition) is 5. The Balaban J connectivity index is 2.06. The second kappa shape index (κ2) is 5.35. The second-order valence-electron chi connectivity index (χ2n) is 4.50. The van der Waals surface area contributed by atoms with Gasteiger partial charge in [-0.1, -0.05) is 6.07 Å². The lowest BCUT2D eigenvalue weighted by atomic mass is 10.2. The topological polar surface area (TPSA) is 75.7 Å². The van der Waals surface area contributed by atoms with Gasteiger partial charge < -0.3 is 15.0 Å². The average Bonchev–Trinajstić information content (AvgIpc) is 2.92. The van der Waals surface area contributed by atoms with Gasteiger partial charge in [0.05, 0.1) is 6.33 Å². The van der Waals surface area contributed by atoms with E-state index in [0.717, 1.165) is 5.56 Å². The number of anilines is 1. The van der Waals surface area contributed by atoms with Crippen molar-refractivity contribution < 1.29 is 9.13 Å². The van der Waals surface area contributed by atoms with Crippen molar-refractivity contribution in [2.75, 3.05) is 11.9 Å². The monoisotopic (exact) mass is 287 g/mol. The SMILES string of the molecule is CCNc1nc(Oc2cc(F)ccc2C)c2[nH]cnc2n1. The summed E-state index contributed by atoms with van der Waals surface area (Å²) < 4.78 is 19.1. The van der Waals surface area contributed by atoms with E-state index in [1.807, 2.05) is 13.8 Å². The molecular weight excluding hydrogens is 273 g/mol. The molecule has 0 saturated heterocycles. The molecular formula is C14H14FN5O. The largest absolute Gasteiger partial charge is 0.437 e. The Hall–Kier alpha value is -2.70. The highest BCUT2D eigenvalue weighted by Crippen LogP contribution is 2.29. The molecule has 0 amide bonds. The van der Waals surface area contributed by atoms with Crippen LogP contribution in [0.5, 0.6) is 11.6 Å². The van der Waals surface area contributed by atoms with Gasteiger partial charge in [0, 0.05) is 12.6 Å². The van der Waals surface area contributed by atoms with Crippen LogP contribution in [0.15, 0.2) is 24.5 Å². The maximum absolute atomic E-state index is 13.4. The summed E-state index contributed by atoms with van der Waals surface area (Å²) >= 11 is 0. The van der Waals surface area contributed by atoms with Crippen molar-refractivity contribution >= 4 is 17.1 Å². The van der Waals surface area contributed by atoms with Crippen molar-refractivity contribution in [3.05, 3.63) is 35.9 Å². The van der Waals surface area contributed by atoms with Gasteiger partial charge in [0.15, 0.2) is 5.65 Å². The number of aromatic amines is 1. The van der Waals surface area contributed by atoms with Gasteiger partial charge in [0.25, 0.3) is 5.88 Å². The van der Waals surface area contributed by atoms with Crippen LogP contribution in [0.1, 0.15) is 12.5 Å². The van der Waals surface area contributed by atoms with Crippen LogP contribution in [0.2, 0.25) is 0 Å². The fourth-order valence-electron chi connectivity index (χ4n) is 1.91. The zero-order valence-corrected chi connectivity index (χ0v) is 11.6. The molecule has 0 fully saturated rings. The average molecular weight is 287 g/mol. The smallest absolute Gasteiger partial charge is 0.250 e. The van der Waals surface area contributed by atoms with E-state index in [9.17, 15) is 4.39 Å². The highest BCUT2D eigenvalue weighted by molar-refractivity contribution is 5.77. The summed E-state index contributed by atoms with van der Waals surface area (Å²) in [5.41, 5.74) is 1.87. The van der Waals surface area contributed by atoms with Gasteiger partial charge in [-0.2, -0.15) is 9.97 Å². The first-order valence-electron chi connectivity index (χ1n) is 6.56. The Morgan fingerprint density at radius 3 is 3.00 bits per heavy atom. The minimum Gasteiger partial charge on any atom is -0.437 e. The zero-order chi connectivity index (χ0) is 14.8. The van der Waals surface area contributed by atoms with Crippen molar-refractivity contribution in [1.82, 2.24) is 19.9 Å². The molecule has 2 aromatic heterocycles. The third kappa shape index (κ3) is 2.62. The van der Waals surface area contributed by atoms with Crippen molar-refractivity contribution in [2.45, 2.75) is 13.8 Å². The number of imidazole rings is 1. The summed E-state index contributed by atoms with van der Waals surface area (Å²) in [7, 11) is 0. The fraction of sp³-hybridized carbons (Fsp3) is 0.214. The van der Waals surface area contributed by atoms with Crippen LogP contribution in [0.25, 0.3) is 11.2 Å². The molecule has 0 aliphatic heterocycles. The molecule has 21 heavy (non-hydrogen) atoms. The van der Waals surface area contributed by atoms with Gasteiger partial charge in [0.1, 0.15) is 17.1 Å². The van der Waals surface area contributed by atoms with Gasteiger partial charge in [-0.05, 0) is 25.5 Å². The number of ether oxygens (including phenoxy) is 1. The minimum atomic E-state index is -0.364. The van der Waals surface area contributed by atoms with Crippen LogP contribution in [-0.4, -0.2) is 26.5 Å². The summed E-state index contributed by atoms with van der Waals surface area (Å²) in [5, 5.41) is 3.01. The Morgan fingerprint density at radius 2 is 2.19 bits per heavy atom. The van der Waals surface area contributed by atoms with E-state index in [1.165, 1.54) is 18.5 Å². The molecule has 0 spiro atoms. The van der Waals surface area contributed by atoms with Crippen LogP contribution in [0.3, 0.4) is 0 Å². The molecule has 2 heterocycles. The summed E-state index contributed by atoms with van der Waals surface area (Å²) in [6.07, 6.45) is 1.51. The lowest BCUT2D eigenvalue weighted by Gasteiger charge is -2.10. The number of benzene rings is 1. The quantitative estimate of drug-likeness (QED) is 0.771. The van der Waals surface area contributed by atoms with Gasteiger partial charge >= 0.3 is 0 Å². The molecule has 3 rings (SSSR count). The molecule has 1 aromatic carbocycles. The highest BCUT2D eigenvalue weighted by Gasteiger charge is 2.13. The molecule has 0 aliphatic carbocycles. The first-order valence-corrected chi connectivity index (χ1v) is 6.56. The molecule has 2 N–H and O–H groups in total. The number of aryl methyl sites for hydroxylation is 1. The predicted octanol–water partition coefficient (Wildman–Crippen LogP) is 3.02. The zero-order valence-electron chi connectivity index (χ0n) is 11.6. The number of H-pyrrole nitrogens is 1. The number of fused-ring (bicyclic) bond motifs is 1. The molecule has 0 atom stereocenters. The highest BCUT2D eigenvalue weighted by atomic mass is 19.1. The normalized spacial score (nSPS) is 10.8. The molecule has 0 radical (unpaired) electrons. The lowest BCUT2D eigenvalue weighted by Crippen LogP contribution is -2.04. The molecule has 108 valence electrons. The standard InChI is InChI=1S/C14H14FN5O/c1-3-16-14-19-12-11(17-7-18-12)13(20-14)21-10-6-9(15)5-4-8(10)2/h4-7H,3H2,1-2H3,(H2,16,17,18,19,20). The van der Waals surface area contributed by atoms with Gasteiger partial charge in [-0.25, -0.2) is 9.37 Å². The molecule has 3 aromatic rings. The number of nitrogens with zero attached hydrogens (tertiary/aromatic N) is 3. The van der Waals surface area contributed by atoms with Crippen LogP contribution in [-0.2, 0) is 0 Å². The summed E-state index contributed by atoms with van der Waals surface area (Å²) in [5.74, 6) is 0.771. The number of aromatic nitrogens is 4. The van der Waals surface area contributed by atoms with Crippen molar-refractivity contribution in [3.8, 4) is 11.6 Å². The van der Waals surface area contributed by atoms with E-state index < -0.39 is 0 Å². The molecule has 0 unspecified atom stereocenters. The van der Waals surface area contributed by atoms with Crippen molar-refractivity contribution in [2.24, 2.45) is 0 Å². The van der Waals surface area contributed by atoms with E-state index in [1.54, 1.807) is 6.07 Å². The van der Waals surface area contributed by atoms with Crippen LogP contribution in [0.4, 0.5) is 10.3 Å². The Bertz CT molecular complexity index is 786. The third-order valence-corrected chi connectivity index (χ3v) is 2.94. The van der Waals surface area contributed by atoms with E-state index in [2.05, 4.69) is 25.3 Å². The van der Waals surface area contributed by atoms with E-state index in [0.29, 0.717) is 35.3 Å². The van der Waals surface area contributed by atoms with E-state index in [-0.39, 0.29) is 5.82 Å². The molecule has 0 saturated carbocycles.